The molecular formula is C134H80B2N4S4. The molecule has 144 heavy (non-hydrogen) atoms. The first-order chi connectivity index (χ1) is 71.4. The first kappa shape index (κ1) is 82.1. The zero-order valence-electron chi connectivity index (χ0n) is 77.8. The summed E-state index contributed by atoms with van der Waals surface area (Å²) in [4.78, 5) is 10.5. The van der Waals surface area contributed by atoms with Crippen LogP contribution in [0.1, 0.15) is 0 Å². The summed E-state index contributed by atoms with van der Waals surface area (Å²) in [6.45, 7) is 0.155. The molecule has 0 unspecified atom stereocenters. The van der Waals surface area contributed by atoms with Gasteiger partial charge >= 0.3 is 0 Å². The van der Waals surface area contributed by atoms with Gasteiger partial charge in [0.2, 0.25) is 13.4 Å². The Hall–Kier alpha value is -16.7. The van der Waals surface area contributed by atoms with Crippen molar-refractivity contribution in [2.24, 2.45) is 0 Å². The van der Waals surface area contributed by atoms with E-state index in [4.69, 9.17) is 0 Å². The molecule has 666 valence electrons. The summed E-state index contributed by atoms with van der Waals surface area (Å²) < 4.78 is 9.83. The predicted octanol–water partition coefficient (Wildman–Crippen LogP) is 32.8. The van der Waals surface area contributed by atoms with Gasteiger partial charge in [0.25, 0.3) is 0 Å². The minimum atomic E-state index is 0.0738. The summed E-state index contributed by atoms with van der Waals surface area (Å²) in [5.74, 6) is 0. The maximum absolute atomic E-state index is 2.52. The molecule has 28 aromatic rings. The number of hydrogen-bond donors (Lipinski definition) is 0. The first-order valence-corrected chi connectivity index (χ1v) is 52.8. The second kappa shape index (κ2) is 32.4. The van der Waals surface area contributed by atoms with Crippen molar-refractivity contribution < 1.29 is 0 Å². The van der Waals surface area contributed by atoms with Crippen molar-refractivity contribution in [2.45, 2.75) is 39.2 Å². The number of para-hydroxylation sites is 8. The molecule has 0 radical (unpaired) electrons. The summed E-state index contributed by atoms with van der Waals surface area (Å²) in [5, 5.41) is 22.8. The van der Waals surface area contributed by atoms with Crippen molar-refractivity contribution >= 4 is 234 Å². The Labute approximate surface area is 848 Å². The number of nitrogens with zero attached hydrogens (tertiary/aromatic N) is 4. The number of hydrogen-bond acceptors (Lipinski definition) is 4. The van der Waals surface area contributed by atoms with Gasteiger partial charge in [-0.25, -0.2) is 0 Å². The average molecular weight is 1900 g/mol. The molecule has 0 saturated heterocycles. The Bertz CT molecular complexity index is 9740. The van der Waals surface area contributed by atoms with Gasteiger partial charge < -0.3 is 18.3 Å². The van der Waals surface area contributed by atoms with E-state index >= 15 is 0 Å². The third kappa shape index (κ3) is 12.5. The molecule has 0 bridgehead atoms. The van der Waals surface area contributed by atoms with E-state index < -0.39 is 0 Å². The molecule has 4 aromatic heterocycles. The molecule has 0 fully saturated rings. The first-order valence-electron chi connectivity index (χ1n) is 49.5. The zero-order valence-corrected chi connectivity index (χ0v) is 81.0. The Morgan fingerprint density at radius 2 is 0.375 bits per heavy atom. The molecule has 4 aliphatic heterocycles. The van der Waals surface area contributed by atoms with Crippen molar-refractivity contribution in [3.63, 3.8) is 0 Å². The highest BCUT2D eigenvalue weighted by molar-refractivity contribution is 8.02. The van der Waals surface area contributed by atoms with Crippen molar-refractivity contribution in [2.75, 3.05) is 0 Å². The maximum atomic E-state index is 2.52. The van der Waals surface area contributed by atoms with Crippen molar-refractivity contribution in [3.8, 4) is 78.4 Å². The summed E-state index contributed by atoms with van der Waals surface area (Å²) in [7, 11) is 0. The molecule has 0 saturated carbocycles. The van der Waals surface area contributed by atoms with E-state index in [1.807, 2.05) is 47.0 Å². The molecule has 0 aliphatic carbocycles. The number of fused-ring (bicyclic) bond motifs is 25. The van der Waals surface area contributed by atoms with Gasteiger partial charge in [0, 0.05) is 105 Å². The van der Waals surface area contributed by atoms with Crippen LogP contribution in [0.3, 0.4) is 0 Å². The van der Waals surface area contributed by atoms with Crippen molar-refractivity contribution in [3.05, 3.63) is 485 Å². The fourth-order valence-electron chi connectivity index (χ4n) is 24.9. The quantitative estimate of drug-likeness (QED) is 0.106. The fraction of sp³-hybridized carbons (Fsp3) is 0. The van der Waals surface area contributed by atoms with Crippen LogP contribution in [0.5, 0.6) is 0 Å². The van der Waals surface area contributed by atoms with Crippen LogP contribution in [0.2, 0.25) is 0 Å². The van der Waals surface area contributed by atoms with E-state index in [1.54, 1.807) is 0 Å². The van der Waals surface area contributed by atoms with Crippen LogP contribution < -0.4 is 32.8 Å². The number of benzene rings is 24. The molecule has 0 atom stereocenters. The minimum absolute atomic E-state index is 0.0738. The lowest BCUT2D eigenvalue weighted by Crippen LogP contribution is -2.58. The lowest BCUT2D eigenvalue weighted by atomic mass is 9.36. The van der Waals surface area contributed by atoms with Gasteiger partial charge in [-0.15, -0.1) is 0 Å². The molecule has 0 spiro atoms. The second-order valence-electron chi connectivity index (χ2n) is 38.6. The number of rotatable bonds is 9. The maximum Gasteiger partial charge on any atom is 0.247 e. The molecule has 10 heteroatoms. The third-order valence-corrected chi connectivity index (χ3v) is 35.5. The summed E-state index contributed by atoms with van der Waals surface area (Å²) >= 11 is 7.75. The van der Waals surface area contributed by atoms with Crippen molar-refractivity contribution in [1.29, 1.82) is 0 Å². The van der Waals surface area contributed by atoms with E-state index in [0.29, 0.717) is 0 Å². The van der Waals surface area contributed by atoms with Gasteiger partial charge in [-0.1, -0.05) is 421 Å². The lowest BCUT2D eigenvalue weighted by Gasteiger charge is -2.34. The Kier molecular flexibility index (Phi) is 18.5. The monoisotopic (exact) mass is 1890 g/mol. The normalized spacial score (nSPS) is 12.9. The van der Waals surface area contributed by atoms with Gasteiger partial charge in [0.1, 0.15) is 0 Å². The van der Waals surface area contributed by atoms with Crippen LogP contribution in [0, 0.1) is 0 Å². The van der Waals surface area contributed by atoms with Crippen LogP contribution in [0.15, 0.2) is 524 Å². The molecule has 8 heterocycles. The Morgan fingerprint density at radius 1 is 0.139 bits per heavy atom. The average Bonchev–Trinajstić information content (AvgIpc) is 1.23. The summed E-state index contributed by atoms with van der Waals surface area (Å²) in [6.07, 6.45) is 0. The van der Waals surface area contributed by atoms with Crippen molar-refractivity contribution in [1.82, 2.24) is 18.3 Å². The van der Waals surface area contributed by atoms with Gasteiger partial charge in [0.05, 0.1) is 44.1 Å². The highest BCUT2D eigenvalue weighted by Crippen LogP contribution is 2.53. The second-order valence-corrected chi connectivity index (χ2v) is 42.9. The van der Waals surface area contributed by atoms with Crippen LogP contribution in [-0.4, -0.2) is 31.7 Å². The molecular weight excluding hydrogens is 1820 g/mol. The lowest BCUT2D eigenvalue weighted by molar-refractivity contribution is 1.16. The van der Waals surface area contributed by atoms with Crippen LogP contribution in [0.4, 0.5) is 0 Å². The standard InChI is InChI=1S/C68H41BN2S2.C66H39BN2S2/c1-2-17-42(18-3-1)66-52-25-4-6-27-54(52)67(55-28-7-5-26-53(55)66)44-20-16-19-43(37-44)45-38-64-68-65(39-45)73-63-41-47(71-60-31-14-10-23-50(60)51-24-11-15-32-61(51)71)34-36-57(63)69(68)56-35-33-46(40-62(56)72-64)70-58-29-12-8-21-48(58)49-22-9-13-30-59(49)70;1-2-16-41-35-42(30-29-40(41)15-1)64-50-21-3-5-23-52(50)65(53-24-6-4-22-51(53)64)43-36-62-66-63(37-43)71-61-39-45(69-58-27-13-9-19-48(58)49-20-10-14-28-59(49)69)32-34-55(61)67(66)54-33-31-44(38-60(54)70-62)68-56-25-11-7-17-46(56)47-18-8-12-26-57(47)68/h1-41H;1-39H. The Morgan fingerprint density at radius 3 is 0.688 bits per heavy atom. The van der Waals surface area contributed by atoms with Gasteiger partial charge in [0.15, 0.2) is 0 Å². The molecule has 0 N–H and O–H groups in total. The largest absolute Gasteiger partial charge is 0.309 e. The van der Waals surface area contributed by atoms with E-state index in [0.717, 1.165) is 0 Å². The van der Waals surface area contributed by atoms with E-state index in [9.17, 15) is 0 Å². The molecule has 4 aliphatic rings. The number of aromatic nitrogens is 4. The zero-order chi connectivity index (χ0) is 94.0. The molecule has 0 amide bonds. The van der Waals surface area contributed by atoms with E-state index in [1.165, 1.54) is 291 Å². The smallest absolute Gasteiger partial charge is 0.247 e. The highest BCUT2D eigenvalue weighted by Gasteiger charge is 2.42. The highest BCUT2D eigenvalue weighted by atomic mass is 32.2. The molecule has 32 rings (SSSR count). The van der Waals surface area contributed by atoms with Crippen LogP contribution in [-0.2, 0) is 0 Å². The fourth-order valence-corrected chi connectivity index (χ4v) is 30.0. The summed E-state index contributed by atoms with van der Waals surface area (Å²) in [5.41, 5.74) is 35.3. The van der Waals surface area contributed by atoms with Crippen LogP contribution in [0.25, 0.3) is 219 Å². The minimum Gasteiger partial charge on any atom is -0.309 e. The van der Waals surface area contributed by atoms with Crippen LogP contribution >= 0.6 is 47.0 Å². The van der Waals surface area contributed by atoms with Gasteiger partial charge in [-0.2, -0.15) is 0 Å². The molecule has 4 nitrogen and oxygen atoms in total. The van der Waals surface area contributed by atoms with E-state index in [-0.39, 0.29) is 13.4 Å². The van der Waals surface area contributed by atoms with Gasteiger partial charge in [-0.05, 0) is 254 Å². The van der Waals surface area contributed by atoms with E-state index in [2.05, 4.69) is 504 Å². The Balaban J connectivity index is 0.000000131. The molecule has 24 aromatic carbocycles. The predicted molar refractivity (Wildman–Crippen MR) is 617 cm³/mol. The topological polar surface area (TPSA) is 19.7 Å². The third-order valence-electron chi connectivity index (χ3n) is 31.0. The summed E-state index contributed by atoms with van der Waals surface area (Å²) in [6, 6.07) is 182. The SMILES string of the molecule is c1ccc(-c2c3ccccc3c(-c3cccc(-c4cc5c6c(c4)Sc4cc(-n7c8ccccc8c8ccccc87)ccc4B6c4ccc(-n6c7ccccc7c7ccccc76)cc4S5)c3)c3ccccc23)cc1.c1ccc2cc(-c3c4ccccc4c(-c4cc5c6c(c4)Sc4cc(-n7c8ccccc8c8ccccc87)ccc4B6c4ccc(-n6c7ccccc7c7ccccc76)cc4S5)c4ccccc34)ccc2c1. The van der Waals surface area contributed by atoms with Gasteiger partial charge in [-0.3, -0.25) is 0 Å².